The van der Waals surface area contributed by atoms with Crippen molar-refractivity contribution < 1.29 is 24.2 Å². The number of hydrogen-bond acceptors (Lipinski definition) is 5. The lowest BCUT2D eigenvalue weighted by molar-refractivity contribution is 0.0696. The normalized spacial score (nSPS) is 10.1. The van der Waals surface area contributed by atoms with Gasteiger partial charge in [-0.2, -0.15) is 0 Å². The fourth-order valence-electron chi connectivity index (χ4n) is 1.42. The summed E-state index contributed by atoms with van der Waals surface area (Å²) in [6, 6.07) is 2.44. The fraction of sp³-hybridized carbons (Fsp3) is 0.462. The Balaban J connectivity index is 2.21. The van der Waals surface area contributed by atoms with Crippen LogP contribution in [0.5, 0.6) is 0 Å². The molecule has 3 N–H and O–H groups in total. The van der Waals surface area contributed by atoms with Crippen molar-refractivity contribution in [2.45, 2.75) is 6.54 Å². The number of carbonyl (C=O) groups excluding carboxylic acids is 1. The maximum Gasteiger partial charge on any atom is 0.335 e. The number of hydrogen-bond donors (Lipinski definition) is 3. The number of carboxylic acids is 1. The highest BCUT2D eigenvalue weighted by atomic mass is 16.5. The van der Waals surface area contributed by atoms with Crippen molar-refractivity contribution in [2.75, 3.05) is 33.5 Å². The Morgan fingerprint density at radius 2 is 2.10 bits per heavy atom. The maximum atomic E-state index is 11.5. The zero-order valence-corrected chi connectivity index (χ0v) is 11.8. The van der Waals surface area contributed by atoms with Gasteiger partial charge in [-0.1, -0.05) is 0 Å². The second-order valence-electron chi connectivity index (χ2n) is 4.06. The number of rotatable bonds is 9. The molecule has 1 aromatic heterocycles. The van der Waals surface area contributed by atoms with E-state index >= 15 is 0 Å². The number of urea groups is 1. The van der Waals surface area contributed by atoms with Crippen LogP contribution in [-0.2, 0) is 16.0 Å². The third kappa shape index (κ3) is 7.23. The molecule has 0 aliphatic heterocycles. The fourth-order valence-corrected chi connectivity index (χ4v) is 1.42. The first kappa shape index (κ1) is 16.9. The number of pyridine rings is 1. The quantitative estimate of drug-likeness (QED) is 0.563. The van der Waals surface area contributed by atoms with Gasteiger partial charge in [0.2, 0.25) is 0 Å². The molecule has 2 amide bonds. The molecule has 1 rings (SSSR count). The van der Waals surface area contributed by atoms with Crippen molar-refractivity contribution in [2.24, 2.45) is 0 Å². The van der Waals surface area contributed by atoms with Crippen LogP contribution >= 0.6 is 0 Å². The minimum Gasteiger partial charge on any atom is -0.478 e. The second-order valence-corrected chi connectivity index (χ2v) is 4.06. The zero-order chi connectivity index (χ0) is 15.5. The molecular formula is C13H19N3O5. The first-order valence-corrected chi connectivity index (χ1v) is 6.40. The van der Waals surface area contributed by atoms with E-state index in [2.05, 4.69) is 15.6 Å². The van der Waals surface area contributed by atoms with E-state index in [-0.39, 0.29) is 18.1 Å². The summed E-state index contributed by atoms with van der Waals surface area (Å²) in [5.74, 6) is -1.03. The molecule has 0 saturated heterocycles. The minimum absolute atomic E-state index is 0.133. The first-order chi connectivity index (χ1) is 10.1. The van der Waals surface area contributed by atoms with Gasteiger partial charge < -0.3 is 25.2 Å². The smallest absolute Gasteiger partial charge is 0.335 e. The number of amides is 2. The highest BCUT2D eigenvalue weighted by Crippen LogP contribution is 2.01. The van der Waals surface area contributed by atoms with Crippen molar-refractivity contribution in [1.29, 1.82) is 0 Å². The predicted octanol–water partition coefficient (Wildman–Crippen LogP) is 0.242. The van der Waals surface area contributed by atoms with Gasteiger partial charge in [-0.25, -0.2) is 9.59 Å². The van der Waals surface area contributed by atoms with Gasteiger partial charge in [-0.15, -0.1) is 0 Å². The van der Waals surface area contributed by atoms with Gasteiger partial charge in [0.25, 0.3) is 0 Å². The molecule has 0 unspecified atom stereocenters. The summed E-state index contributed by atoms with van der Waals surface area (Å²) >= 11 is 0. The average molecular weight is 297 g/mol. The number of aromatic carboxylic acids is 1. The summed E-state index contributed by atoms with van der Waals surface area (Å²) in [4.78, 5) is 26.2. The lowest BCUT2D eigenvalue weighted by Crippen LogP contribution is -2.37. The number of carboxylic acid groups (broad SMARTS) is 1. The van der Waals surface area contributed by atoms with Crippen LogP contribution in [0.4, 0.5) is 4.79 Å². The van der Waals surface area contributed by atoms with Crippen LogP contribution in [-0.4, -0.2) is 55.6 Å². The molecule has 0 radical (unpaired) electrons. The topological polar surface area (TPSA) is 110 Å². The van der Waals surface area contributed by atoms with Gasteiger partial charge in [-0.05, 0) is 12.1 Å². The molecule has 0 fully saturated rings. The van der Waals surface area contributed by atoms with Crippen molar-refractivity contribution in [3.05, 3.63) is 29.6 Å². The SMILES string of the molecule is COCCOCCNC(=O)NCc1cc(C(=O)O)ccn1. The van der Waals surface area contributed by atoms with Crippen molar-refractivity contribution in [3.63, 3.8) is 0 Å². The summed E-state index contributed by atoms with van der Waals surface area (Å²) < 4.78 is 9.99. The third-order valence-corrected chi connectivity index (χ3v) is 2.46. The first-order valence-electron chi connectivity index (χ1n) is 6.40. The second kappa shape index (κ2) is 9.67. The molecule has 0 aliphatic carbocycles. The molecule has 0 aliphatic rings. The molecule has 0 atom stereocenters. The van der Waals surface area contributed by atoms with E-state index in [1.165, 1.54) is 18.3 Å². The van der Waals surface area contributed by atoms with E-state index in [0.29, 0.717) is 32.1 Å². The monoisotopic (exact) mass is 297 g/mol. The molecule has 1 aromatic rings. The summed E-state index contributed by atoms with van der Waals surface area (Å²) in [6.45, 7) is 1.91. The number of methoxy groups -OCH3 is 1. The van der Waals surface area contributed by atoms with E-state index in [1.54, 1.807) is 7.11 Å². The molecule has 0 saturated carbocycles. The molecule has 8 heteroatoms. The van der Waals surface area contributed by atoms with Crippen LogP contribution in [0, 0.1) is 0 Å². The highest BCUT2D eigenvalue weighted by molar-refractivity contribution is 5.87. The molecule has 21 heavy (non-hydrogen) atoms. The summed E-state index contributed by atoms with van der Waals surface area (Å²) in [5.41, 5.74) is 0.607. The van der Waals surface area contributed by atoms with Crippen LogP contribution in [0.25, 0.3) is 0 Å². The number of nitrogens with one attached hydrogen (secondary N) is 2. The lowest BCUT2D eigenvalue weighted by Gasteiger charge is -2.08. The van der Waals surface area contributed by atoms with Gasteiger partial charge in [0.1, 0.15) is 0 Å². The van der Waals surface area contributed by atoms with E-state index in [4.69, 9.17) is 14.6 Å². The molecule has 1 heterocycles. The summed E-state index contributed by atoms with van der Waals surface area (Å²) in [6.07, 6.45) is 1.39. The number of ether oxygens (including phenoxy) is 2. The van der Waals surface area contributed by atoms with E-state index < -0.39 is 5.97 Å². The van der Waals surface area contributed by atoms with Crippen molar-refractivity contribution >= 4 is 12.0 Å². The summed E-state index contributed by atoms with van der Waals surface area (Å²) in [7, 11) is 1.59. The number of carbonyl (C=O) groups is 2. The van der Waals surface area contributed by atoms with Gasteiger partial charge >= 0.3 is 12.0 Å². The van der Waals surface area contributed by atoms with Crippen LogP contribution in [0.3, 0.4) is 0 Å². The molecule has 8 nitrogen and oxygen atoms in total. The van der Waals surface area contributed by atoms with Gasteiger partial charge in [0, 0.05) is 19.9 Å². The highest BCUT2D eigenvalue weighted by Gasteiger charge is 2.05. The standard InChI is InChI=1S/C13H19N3O5/c1-20-6-7-21-5-4-15-13(19)16-9-11-8-10(12(17)18)2-3-14-11/h2-3,8H,4-7,9H2,1H3,(H,17,18)(H2,15,16,19). The lowest BCUT2D eigenvalue weighted by atomic mass is 10.2. The van der Waals surface area contributed by atoms with Crippen LogP contribution in [0.15, 0.2) is 18.3 Å². The van der Waals surface area contributed by atoms with Crippen molar-refractivity contribution in [1.82, 2.24) is 15.6 Å². The Morgan fingerprint density at radius 3 is 2.81 bits per heavy atom. The average Bonchev–Trinajstić information content (AvgIpc) is 2.49. The maximum absolute atomic E-state index is 11.5. The van der Waals surface area contributed by atoms with E-state index in [9.17, 15) is 9.59 Å². The molecule has 0 spiro atoms. The molecule has 0 bridgehead atoms. The Morgan fingerprint density at radius 1 is 1.29 bits per heavy atom. The summed E-state index contributed by atoms with van der Waals surface area (Å²) in [5, 5.41) is 14.0. The van der Waals surface area contributed by atoms with Crippen LogP contribution in [0.1, 0.15) is 16.1 Å². The molecular weight excluding hydrogens is 278 g/mol. The number of nitrogens with zero attached hydrogens (tertiary/aromatic N) is 1. The van der Waals surface area contributed by atoms with E-state index in [0.717, 1.165) is 0 Å². The van der Waals surface area contributed by atoms with Gasteiger partial charge in [-0.3, -0.25) is 4.98 Å². The Kier molecular flexibility index (Phi) is 7.77. The largest absolute Gasteiger partial charge is 0.478 e. The Labute approximate surface area is 122 Å². The Bertz CT molecular complexity index is 467. The zero-order valence-electron chi connectivity index (χ0n) is 11.8. The molecule has 0 aromatic carbocycles. The van der Waals surface area contributed by atoms with E-state index in [1.807, 2.05) is 0 Å². The van der Waals surface area contributed by atoms with Crippen molar-refractivity contribution in [3.8, 4) is 0 Å². The third-order valence-electron chi connectivity index (χ3n) is 2.46. The minimum atomic E-state index is -1.03. The van der Waals surface area contributed by atoms with Gasteiger partial charge in [0.05, 0.1) is 37.6 Å². The Hall–Kier alpha value is -2.19. The van der Waals surface area contributed by atoms with Crippen LogP contribution in [0.2, 0.25) is 0 Å². The molecule has 116 valence electrons. The number of aromatic nitrogens is 1. The van der Waals surface area contributed by atoms with Crippen LogP contribution < -0.4 is 10.6 Å². The predicted molar refractivity (Wildman–Crippen MR) is 74.1 cm³/mol. The van der Waals surface area contributed by atoms with Gasteiger partial charge in [0.15, 0.2) is 0 Å².